The molecule has 0 aliphatic rings. The van der Waals surface area contributed by atoms with E-state index in [9.17, 15) is 14.0 Å². The molecule has 2 heterocycles. The number of aryl methyl sites for hydroxylation is 1. The van der Waals surface area contributed by atoms with Crippen molar-refractivity contribution in [3.63, 3.8) is 0 Å². The molecule has 5 aromatic rings. The molecule has 5 nitrogen and oxygen atoms in total. The molecule has 0 aliphatic heterocycles. The fourth-order valence-electron chi connectivity index (χ4n) is 4.37. The summed E-state index contributed by atoms with van der Waals surface area (Å²) in [5.74, 6) is -0.560. The van der Waals surface area contributed by atoms with E-state index in [0.717, 1.165) is 16.8 Å². The standard InChI is InChI=1S/C27H22FN3O2S2/c1-3-29(20-8-6-7-17(2)15-20)23(32)16-30-25-24(18-11-13-19(28)14-12-18)35-27(34)31(25)22-10-5-4-9-21(22)26(30)33/h4-15H,3,16H2,1-2H3. The summed E-state index contributed by atoms with van der Waals surface area (Å²) in [6, 6.07) is 21.0. The zero-order valence-electron chi connectivity index (χ0n) is 19.2. The lowest BCUT2D eigenvalue weighted by Gasteiger charge is -2.23. The molecule has 2 aromatic heterocycles. The molecule has 0 spiro atoms. The van der Waals surface area contributed by atoms with Crippen molar-refractivity contribution in [1.82, 2.24) is 8.97 Å². The Kier molecular flexibility index (Phi) is 6.08. The van der Waals surface area contributed by atoms with Crippen LogP contribution in [0.25, 0.3) is 27.0 Å². The van der Waals surface area contributed by atoms with E-state index in [0.29, 0.717) is 31.9 Å². The predicted octanol–water partition coefficient (Wildman–Crippen LogP) is 6.21. The van der Waals surface area contributed by atoms with Crippen LogP contribution in [0.5, 0.6) is 0 Å². The van der Waals surface area contributed by atoms with Gasteiger partial charge in [0, 0.05) is 12.2 Å². The van der Waals surface area contributed by atoms with Crippen LogP contribution in [-0.4, -0.2) is 21.4 Å². The normalized spacial score (nSPS) is 11.3. The fraction of sp³-hybridized carbons (Fsp3) is 0.148. The van der Waals surface area contributed by atoms with Crippen LogP contribution in [0.4, 0.5) is 10.1 Å². The molecule has 0 saturated carbocycles. The van der Waals surface area contributed by atoms with Gasteiger partial charge in [0.05, 0.1) is 15.8 Å². The Morgan fingerprint density at radius 1 is 1.06 bits per heavy atom. The lowest BCUT2D eigenvalue weighted by atomic mass is 10.1. The van der Waals surface area contributed by atoms with Gasteiger partial charge >= 0.3 is 0 Å². The van der Waals surface area contributed by atoms with E-state index in [1.54, 1.807) is 29.2 Å². The van der Waals surface area contributed by atoms with Gasteiger partial charge in [-0.05, 0) is 73.6 Å². The summed E-state index contributed by atoms with van der Waals surface area (Å²) < 4.78 is 17.5. The molecule has 0 N–H and O–H groups in total. The smallest absolute Gasteiger partial charge is 0.262 e. The summed E-state index contributed by atoms with van der Waals surface area (Å²) >= 11 is 7.04. The summed E-state index contributed by atoms with van der Waals surface area (Å²) in [5.41, 5.74) is 3.49. The maximum absolute atomic E-state index is 13.7. The number of hydrogen-bond donors (Lipinski definition) is 0. The van der Waals surface area contributed by atoms with Crippen LogP contribution in [-0.2, 0) is 11.3 Å². The molecule has 0 radical (unpaired) electrons. The molecule has 176 valence electrons. The van der Waals surface area contributed by atoms with E-state index in [1.165, 1.54) is 28.0 Å². The minimum atomic E-state index is -0.351. The van der Waals surface area contributed by atoms with E-state index in [4.69, 9.17) is 12.2 Å². The molecule has 0 unspecified atom stereocenters. The number of aromatic nitrogens is 2. The molecule has 5 rings (SSSR count). The number of amides is 1. The van der Waals surface area contributed by atoms with E-state index in [-0.39, 0.29) is 23.8 Å². The highest BCUT2D eigenvalue weighted by Gasteiger charge is 2.22. The SMILES string of the molecule is CCN(C(=O)Cn1c(=O)c2ccccc2n2c(=S)sc(-c3ccc(F)cc3)c12)c1cccc(C)c1. The van der Waals surface area contributed by atoms with Crippen LogP contribution in [0.3, 0.4) is 0 Å². The van der Waals surface area contributed by atoms with Crippen LogP contribution in [0.1, 0.15) is 12.5 Å². The molecule has 35 heavy (non-hydrogen) atoms. The Bertz CT molecular complexity index is 1700. The lowest BCUT2D eigenvalue weighted by molar-refractivity contribution is -0.119. The van der Waals surface area contributed by atoms with Crippen LogP contribution in [0.2, 0.25) is 0 Å². The number of benzene rings is 3. The van der Waals surface area contributed by atoms with Gasteiger partial charge < -0.3 is 4.90 Å². The highest BCUT2D eigenvalue weighted by atomic mass is 32.1. The van der Waals surface area contributed by atoms with Gasteiger partial charge in [0.25, 0.3) is 5.56 Å². The fourth-order valence-corrected chi connectivity index (χ4v) is 5.80. The summed E-state index contributed by atoms with van der Waals surface area (Å²) in [4.78, 5) is 29.7. The van der Waals surface area contributed by atoms with Crippen molar-refractivity contribution in [1.29, 1.82) is 0 Å². The first kappa shape index (κ1) is 23.1. The molecule has 0 saturated heterocycles. The van der Waals surface area contributed by atoms with Crippen LogP contribution in [0.15, 0.2) is 77.6 Å². The van der Waals surface area contributed by atoms with E-state index in [1.807, 2.05) is 54.6 Å². The van der Waals surface area contributed by atoms with Crippen molar-refractivity contribution in [2.24, 2.45) is 0 Å². The number of likely N-dealkylation sites (N-methyl/N-ethyl adjacent to an activating group) is 1. The molecule has 0 atom stereocenters. The minimum absolute atomic E-state index is 0.158. The largest absolute Gasteiger partial charge is 0.311 e. The van der Waals surface area contributed by atoms with Gasteiger partial charge in [0.2, 0.25) is 5.91 Å². The number of rotatable bonds is 5. The van der Waals surface area contributed by atoms with Gasteiger partial charge in [-0.3, -0.25) is 18.6 Å². The first-order valence-electron chi connectivity index (χ1n) is 11.2. The third-order valence-corrected chi connectivity index (χ3v) is 7.41. The third-order valence-electron chi connectivity index (χ3n) is 5.99. The first-order valence-corrected chi connectivity index (χ1v) is 12.4. The van der Waals surface area contributed by atoms with Gasteiger partial charge in [-0.15, -0.1) is 11.3 Å². The molecule has 8 heteroatoms. The highest BCUT2D eigenvalue weighted by Crippen LogP contribution is 2.33. The number of carbonyl (C=O) groups is 1. The predicted molar refractivity (Wildman–Crippen MR) is 142 cm³/mol. The number of anilines is 1. The molecule has 0 aliphatic carbocycles. The second kappa shape index (κ2) is 9.20. The zero-order chi connectivity index (χ0) is 24.7. The van der Waals surface area contributed by atoms with Gasteiger partial charge in [0.1, 0.15) is 18.0 Å². The number of halogens is 1. The molecule has 0 fully saturated rings. The third kappa shape index (κ3) is 4.09. The highest BCUT2D eigenvalue weighted by molar-refractivity contribution is 7.73. The van der Waals surface area contributed by atoms with Crippen LogP contribution >= 0.6 is 23.6 Å². The monoisotopic (exact) mass is 503 g/mol. The maximum atomic E-state index is 13.7. The summed E-state index contributed by atoms with van der Waals surface area (Å²) in [6.45, 7) is 4.18. The number of thiazole rings is 1. The molecular formula is C27H22FN3O2S2. The number of nitrogens with zero attached hydrogens (tertiary/aromatic N) is 3. The van der Waals surface area contributed by atoms with Crippen molar-refractivity contribution in [3.05, 3.63) is 98.5 Å². The Morgan fingerprint density at radius 2 is 1.80 bits per heavy atom. The van der Waals surface area contributed by atoms with Crippen molar-refractivity contribution in [2.75, 3.05) is 11.4 Å². The Balaban J connectivity index is 1.75. The molecule has 1 amide bonds. The molecule has 0 bridgehead atoms. The average Bonchev–Trinajstić information content (AvgIpc) is 3.20. The molecular weight excluding hydrogens is 481 g/mol. The van der Waals surface area contributed by atoms with Crippen molar-refractivity contribution >= 4 is 51.7 Å². The first-order chi connectivity index (χ1) is 16.9. The summed E-state index contributed by atoms with van der Waals surface area (Å²) in [5, 5.41) is 0.478. The Labute approximate surface area is 210 Å². The summed E-state index contributed by atoms with van der Waals surface area (Å²) in [6.07, 6.45) is 0. The van der Waals surface area contributed by atoms with Crippen molar-refractivity contribution < 1.29 is 9.18 Å². The second-order valence-electron chi connectivity index (χ2n) is 8.25. The van der Waals surface area contributed by atoms with Crippen LogP contribution in [0, 0.1) is 16.7 Å². The number of para-hydroxylation sites is 1. The number of fused-ring (bicyclic) bond motifs is 3. The number of carbonyl (C=O) groups excluding carboxylic acids is 1. The number of hydrogen-bond acceptors (Lipinski definition) is 4. The minimum Gasteiger partial charge on any atom is -0.311 e. The lowest BCUT2D eigenvalue weighted by Crippen LogP contribution is -2.37. The van der Waals surface area contributed by atoms with Crippen LogP contribution < -0.4 is 10.5 Å². The Morgan fingerprint density at radius 3 is 2.51 bits per heavy atom. The Hall–Kier alpha value is -3.62. The van der Waals surface area contributed by atoms with E-state index < -0.39 is 0 Å². The van der Waals surface area contributed by atoms with Gasteiger partial charge in [-0.25, -0.2) is 4.39 Å². The van der Waals surface area contributed by atoms with Crippen molar-refractivity contribution in [3.8, 4) is 10.4 Å². The van der Waals surface area contributed by atoms with E-state index in [2.05, 4.69) is 0 Å². The van der Waals surface area contributed by atoms with E-state index >= 15 is 0 Å². The van der Waals surface area contributed by atoms with Gasteiger partial charge in [-0.2, -0.15) is 0 Å². The maximum Gasteiger partial charge on any atom is 0.262 e. The summed E-state index contributed by atoms with van der Waals surface area (Å²) in [7, 11) is 0. The average molecular weight is 504 g/mol. The molecule has 3 aromatic carbocycles. The second-order valence-corrected chi connectivity index (χ2v) is 9.89. The topological polar surface area (TPSA) is 46.7 Å². The zero-order valence-corrected chi connectivity index (χ0v) is 20.8. The van der Waals surface area contributed by atoms with Crippen molar-refractivity contribution in [2.45, 2.75) is 20.4 Å². The quantitative estimate of drug-likeness (QED) is 0.268. The van der Waals surface area contributed by atoms with Gasteiger partial charge in [-0.1, -0.05) is 36.4 Å². The van der Waals surface area contributed by atoms with Gasteiger partial charge in [0.15, 0.2) is 3.95 Å².